The first kappa shape index (κ1) is 18.7. The molecule has 0 spiro atoms. The number of ether oxygens (including phenoxy) is 1. The van der Waals surface area contributed by atoms with Gasteiger partial charge < -0.3 is 10.1 Å². The maximum absolute atomic E-state index is 6.15. The van der Waals surface area contributed by atoms with Gasteiger partial charge in [0.15, 0.2) is 0 Å². The molecular weight excluding hydrogens is 320 g/mol. The van der Waals surface area contributed by atoms with Crippen LogP contribution >= 0.6 is 0 Å². The monoisotopic (exact) mass is 350 g/mol. The summed E-state index contributed by atoms with van der Waals surface area (Å²) in [6.45, 7) is 13.2. The maximum Gasteiger partial charge on any atom is 0.125 e. The van der Waals surface area contributed by atoms with Crippen LogP contribution in [-0.4, -0.2) is 31.1 Å². The predicted octanol–water partition coefficient (Wildman–Crippen LogP) is 4.40. The smallest absolute Gasteiger partial charge is 0.125 e. The van der Waals surface area contributed by atoms with Crippen molar-refractivity contribution >= 4 is 0 Å². The average Bonchev–Trinajstić information content (AvgIpc) is 2.67. The van der Waals surface area contributed by atoms with E-state index in [2.05, 4.69) is 67.0 Å². The molecule has 3 heteroatoms. The number of hydrogen-bond donors (Lipinski definition) is 1. The van der Waals surface area contributed by atoms with Gasteiger partial charge in [-0.1, -0.05) is 48.5 Å². The minimum Gasteiger partial charge on any atom is -0.488 e. The fraction of sp³-hybridized carbons (Fsp3) is 0.391. The minimum atomic E-state index is 0.398. The van der Waals surface area contributed by atoms with Gasteiger partial charge in [0.2, 0.25) is 0 Å². The van der Waals surface area contributed by atoms with E-state index in [0.29, 0.717) is 12.6 Å². The summed E-state index contributed by atoms with van der Waals surface area (Å²) < 4.78 is 6.15. The van der Waals surface area contributed by atoms with Crippen LogP contribution in [-0.2, 0) is 6.61 Å². The lowest BCUT2D eigenvalue weighted by Gasteiger charge is -2.35. The molecule has 0 saturated carbocycles. The largest absolute Gasteiger partial charge is 0.488 e. The zero-order chi connectivity index (χ0) is 18.4. The summed E-state index contributed by atoms with van der Waals surface area (Å²) in [7, 11) is 0. The van der Waals surface area contributed by atoms with Gasteiger partial charge in [-0.2, -0.15) is 0 Å². The molecule has 1 aliphatic heterocycles. The Morgan fingerprint density at radius 2 is 1.77 bits per heavy atom. The molecule has 138 valence electrons. The minimum absolute atomic E-state index is 0.398. The average molecular weight is 351 g/mol. The van der Waals surface area contributed by atoms with Gasteiger partial charge in [0.05, 0.1) is 0 Å². The number of rotatable bonds is 7. The van der Waals surface area contributed by atoms with Gasteiger partial charge in [-0.15, -0.1) is 6.58 Å². The van der Waals surface area contributed by atoms with Gasteiger partial charge in [0, 0.05) is 32.2 Å². The van der Waals surface area contributed by atoms with Crippen LogP contribution in [0.4, 0.5) is 0 Å². The first-order valence-corrected chi connectivity index (χ1v) is 9.52. The Hall–Kier alpha value is -2.10. The van der Waals surface area contributed by atoms with E-state index in [9.17, 15) is 0 Å². The summed E-state index contributed by atoms with van der Waals surface area (Å²) >= 11 is 0. The molecule has 0 bridgehead atoms. The zero-order valence-electron chi connectivity index (χ0n) is 16.0. The Bertz CT molecular complexity index is 697. The van der Waals surface area contributed by atoms with Crippen molar-refractivity contribution in [1.82, 2.24) is 10.2 Å². The van der Waals surface area contributed by atoms with Crippen molar-refractivity contribution in [3.05, 3.63) is 77.4 Å². The van der Waals surface area contributed by atoms with Crippen LogP contribution in [0.5, 0.6) is 5.75 Å². The fourth-order valence-corrected chi connectivity index (χ4v) is 3.78. The van der Waals surface area contributed by atoms with E-state index in [1.165, 1.54) is 22.3 Å². The number of aryl methyl sites for hydroxylation is 2. The summed E-state index contributed by atoms with van der Waals surface area (Å²) in [6, 6.07) is 15.3. The number of piperazine rings is 1. The second-order valence-electron chi connectivity index (χ2n) is 7.08. The summed E-state index contributed by atoms with van der Waals surface area (Å²) in [6.07, 6.45) is 3.01. The third-order valence-electron chi connectivity index (χ3n) is 5.08. The van der Waals surface area contributed by atoms with Crippen molar-refractivity contribution in [2.45, 2.75) is 32.9 Å². The molecule has 2 aromatic carbocycles. The Labute approximate surface area is 157 Å². The third-order valence-corrected chi connectivity index (χ3v) is 5.08. The Kier molecular flexibility index (Phi) is 6.48. The third kappa shape index (κ3) is 4.54. The van der Waals surface area contributed by atoms with E-state index >= 15 is 0 Å². The van der Waals surface area contributed by atoms with Crippen LogP contribution in [0, 0.1) is 13.8 Å². The summed E-state index contributed by atoms with van der Waals surface area (Å²) in [5.74, 6) is 1.01. The quantitative estimate of drug-likeness (QED) is 0.749. The molecule has 0 amide bonds. The Balaban J connectivity index is 1.79. The van der Waals surface area contributed by atoms with E-state index < -0.39 is 0 Å². The van der Waals surface area contributed by atoms with Crippen molar-refractivity contribution < 1.29 is 4.74 Å². The topological polar surface area (TPSA) is 24.5 Å². The number of hydrogen-bond acceptors (Lipinski definition) is 3. The molecule has 26 heavy (non-hydrogen) atoms. The molecule has 0 unspecified atom stereocenters. The zero-order valence-corrected chi connectivity index (χ0v) is 16.0. The molecule has 1 aliphatic rings. The molecular formula is C23H30N2O. The Morgan fingerprint density at radius 3 is 2.38 bits per heavy atom. The normalized spacial score (nSPS) is 16.2. The molecule has 2 aromatic rings. The van der Waals surface area contributed by atoms with Crippen LogP contribution in [0.1, 0.15) is 34.7 Å². The molecule has 3 nitrogen and oxygen atoms in total. The van der Waals surface area contributed by atoms with E-state index in [1.807, 2.05) is 12.1 Å². The lowest BCUT2D eigenvalue weighted by Crippen LogP contribution is -2.45. The highest BCUT2D eigenvalue weighted by Crippen LogP contribution is 2.32. The molecule has 1 N–H and O–H groups in total. The molecule has 0 radical (unpaired) electrons. The number of nitrogens with one attached hydrogen (secondary N) is 1. The van der Waals surface area contributed by atoms with E-state index in [0.717, 1.165) is 38.3 Å². The van der Waals surface area contributed by atoms with Crippen molar-refractivity contribution in [2.75, 3.05) is 26.2 Å². The number of nitrogens with zero attached hydrogens (tertiary/aromatic N) is 1. The standard InChI is InChI=1S/C23H30N2O/c1-4-8-22(25-13-11-24-12-14-25)21-15-18(2)23(19(3)16-21)26-17-20-9-6-5-7-10-20/h4-7,9-10,15-16,22,24H,1,8,11-14,17H2,2-3H3/t22-/m0/s1. The summed E-state index contributed by atoms with van der Waals surface area (Å²) in [5, 5.41) is 3.44. The van der Waals surface area contributed by atoms with Crippen molar-refractivity contribution in [1.29, 1.82) is 0 Å². The molecule has 0 aromatic heterocycles. The first-order valence-electron chi connectivity index (χ1n) is 9.52. The maximum atomic E-state index is 6.15. The van der Waals surface area contributed by atoms with Crippen LogP contribution < -0.4 is 10.1 Å². The lowest BCUT2D eigenvalue weighted by molar-refractivity contribution is 0.174. The van der Waals surface area contributed by atoms with Gasteiger partial charge >= 0.3 is 0 Å². The van der Waals surface area contributed by atoms with Crippen molar-refractivity contribution in [2.24, 2.45) is 0 Å². The van der Waals surface area contributed by atoms with E-state index in [4.69, 9.17) is 4.74 Å². The first-order chi connectivity index (χ1) is 12.7. The molecule has 1 atom stereocenters. The lowest BCUT2D eigenvalue weighted by atomic mass is 9.96. The summed E-state index contributed by atoms with van der Waals surface area (Å²) in [5.41, 5.74) is 4.98. The molecule has 1 heterocycles. The van der Waals surface area contributed by atoms with Crippen LogP contribution in [0.3, 0.4) is 0 Å². The highest BCUT2D eigenvalue weighted by atomic mass is 16.5. The van der Waals surface area contributed by atoms with Gasteiger partial charge in [-0.05, 0) is 42.5 Å². The highest BCUT2D eigenvalue weighted by molar-refractivity contribution is 5.44. The fourth-order valence-electron chi connectivity index (χ4n) is 3.78. The van der Waals surface area contributed by atoms with E-state index in [1.54, 1.807) is 0 Å². The van der Waals surface area contributed by atoms with Crippen molar-refractivity contribution in [3.63, 3.8) is 0 Å². The van der Waals surface area contributed by atoms with Crippen LogP contribution in [0.15, 0.2) is 55.1 Å². The molecule has 1 saturated heterocycles. The molecule has 0 aliphatic carbocycles. The van der Waals surface area contributed by atoms with Crippen LogP contribution in [0.2, 0.25) is 0 Å². The summed E-state index contributed by atoms with van der Waals surface area (Å²) in [4.78, 5) is 2.57. The second kappa shape index (κ2) is 9.02. The van der Waals surface area contributed by atoms with Crippen molar-refractivity contribution in [3.8, 4) is 5.75 Å². The molecule has 1 fully saturated rings. The molecule has 3 rings (SSSR count). The second-order valence-corrected chi connectivity index (χ2v) is 7.08. The van der Waals surface area contributed by atoms with Gasteiger partial charge in [-0.25, -0.2) is 0 Å². The Morgan fingerprint density at radius 1 is 1.12 bits per heavy atom. The van der Waals surface area contributed by atoms with E-state index in [-0.39, 0.29) is 0 Å². The SMILES string of the molecule is C=CC[C@@H](c1cc(C)c(OCc2ccccc2)c(C)c1)N1CCNCC1. The van der Waals surface area contributed by atoms with Gasteiger partial charge in [0.25, 0.3) is 0 Å². The van der Waals surface area contributed by atoms with Gasteiger partial charge in [0.1, 0.15) is 12.4 Å². The van der Waals surface area contributed by atoms with Crippen LogP contribution in [0.25, 0.3) is 0 Å². The highest BCUT2D eigenvalue weighted by Gasteiger charge is 2.22. The number of benzene rings is 2. The van der Waals surface area contributed by atoms with Gasteiger partial charge in [-0.3, -0.25) is 4.90 Å². The predicted molar refractivity (Wildman–Crippen MR) is 109 cm³/mol.